The van der Waals surface area contributed by atoms with Crippen molar-refractivity contribution in [1.82, 2.24) is 5.48 Å². The first-order valence-electron chi connectivity index (χ1n) is 8.18. The Balaban J connectivity index is 2.34. The van der Waals surface area contributed by atoms with Crippen LogP contribution in [-0.2, 0) is 4.84 Å². The Bertz CT molecular complexity index is 579. The molecule has 1 aromatic carbocycles. The van der Waals surface area contributed by atoms with Crippen LogP contribution >= 0.6 is 46.4 Å². The fraction of sp³-hybridized carbons (Fsp3) is 0.444. The average molecular weight is 443 g/mol. The molecule has 1 aromatic rings. The van der Waals surface area contributed by atoms with Crippen LogP contribution in [0.2, 0.25) is 10.0 Å². The Kier molecular flexibility index (Phi) is 12.0. The maximum Gasteiger partial charge on any atom is 0.156 e. The van der Waals surface area contributed by atoms with Crippen LogP contribution in [0.5, 0.6) is 11.5 Å². The van der Waals surface area contributed by atoms with Gasteiger partial charge in [0.15, 0.2) is 5.75 Å². The van der Waals surface area contributed by atoms with Crippen molar-refractivity contribution in [1.29, 1.82) is 0 Å². The van der Waals surface area contributed by atoms with Gasteiger partial charge < -0.3 is 9.47 Å². The molecule has 0 fully saturated rings. The van der Waals surface area contributed by atoms with Gasteiger partial charge in [0.2, 0.25) is 0 Å². The van der Waals surface area contributed by atoms with E-state index in [4.69, 9.17) is 60.7 Å². The summed E-state index contributed by atoms with van der Waals surface area (Å²) >= 11 is 23.4. The average Bonchev–Trinajstić information content (AvgIpc) is 2.54. The lowest BCUT2D eigenvalue weighted by molar-refractivity contribution is 0.0513. The van der Waals surface area contributed by atoms with E-state index in [1.807, 2.05) is 6.08 Å². The molecule has 0 unspecified atom stereocenters. The summed E-state index contributed by atoms with van der Waals surface area (Å²) in [6, 6.07) is 3.27. The molecule has 0 aromatic heterocycles. The van der Waals surface area contributed by atoms with Gasteiger partial charge in [-0.05, 0) is 24.8 Å². The van der Waals surface area contributed by atoms with Crippen molar-refractivity contribution in [3.63, 3.8) is 0 Å². The van der Waals surface area contributed by atoms with Crippen molar-refractivity contribution >= 4 is 46.4 Å². The highest BCUT2D eigenvalue weighted by Crippen LogP contribution is 2.37. The largest absolute Gasteiger partial charge is 0.490 e. The molecular weight excluding hydrogens is 420 g/mol. The summed E-state index contributed by atoms with van der Waals surface area (Å²) in [6.45, 7) is 5.55. The molecule has 4 nitrogen and oxygen atoms in total. The molecule has 146 valence electrons. The Morgan fingerprint density at radius 2 is 1.85 bits per heavy atom. The van der Waals surface area contributed by atoms with Crippen LogP contribution in [0.25, 0.3) is 0 Å². The molecular formula is C18H23Cl4NO3. The Morgan fingerprint density at radius 1 is 1.15 bits per heavy atom. The summed E-state index contributed by atoms with van der Waals surface area (Å²) in [5.74, 6) is 1.44. The number of halogens is 4. The van der Waals surface area contributed by atoms with Gasteiger partial charge in [-0.15, -0.1) is 0 Å². The number of hydrogen-bond acceptors (Lipinski definition) is 4. The van der Waals surface area contributed by atoms with Crippen LogP contribution < -0.4 is 15.0 Å². The first-order chi connectivity index (χ1) is 12.4. The molecule has 8 heteroatoms. The molecule has 0 atom stereocenters. The molecule has 0 saturated heterocycles. The maximum absolute atomic E-state index is 6.20. The molecule has 1 rings (SSSR count). The third kappa shape index (κ3) is 10.4. The smallest absolute Gasteiger partial charge is 0.156 e. The minimum absolute atomic E-state index is 0.137. The van der Waals surface area contributed by atoms with E-state index >= 15 is 0 Å². The lowest BCUT2D eigenvalue weighted by atomic mass is 10.2. The second-order valence-electron chi connectivity index (χ2n) is 5.74. The zero-order chi connectivity index (χ0) is 19.4. The summed E-state index contributed by atoms with van der Waals surface area (Å²) in [5.41, 5.74) is 2.78. The van der Waals surface area contributed by atoms with E-state index in [0.717, 1.165) is 12.8 Å². The maximum atomic E-state index is 6.20. The molecule has 0 spiro atoms. The van der Waals surface area contributed by atoms with Gasteiger partial charge in [-0.1, -0.05) is 66.3 Å². The van der Waals surface area contributed by atoms with E-state index in [1.54, 1.807) is 18.3 Å². The zero-order valence-electron chi connectivity index (χ0n) is 14.7. The first-order valence-corrected chi connectivity index (χ1v) is 9.69. The van der Waals surface area contributed by atoms with Crippen LogP contribution in [0, 0.1) is 5.92 Å². The van der Waals surface area contributed by atoms with Crippen LogP contribution in [0.1, 0.15) is 26.7 Å². The summed E-state index contributed by atoms with van der Waals surface area (Å²) in [6.07, 6.45) is 6.91. The highest BCUT2D eigenvalue weighted by atomic mass is 35.5. The van der Waals surface area contributed by atoms with Crippen LogP contribution in [0.15, 0.2) is 35.0 Å². The molecule has 26 heavy (non-hydrogen) atoms. The number of benzene rings is 1. The monoisotopic (exact) mass is 441 g/mol. The van der Waals surface area contributed by atoms with Crippen LogP contribution in [0.4, 0.5) is 0 Å². The van der Waals surface area contributed by atoms with E-state index in [2.05, 4.69) is 19.3 Å². The van der Waals surface area contributed by atoms with Gasteiger partial charge in [0, 0.05) is 18.3 Å². The van der Waals surface area contributed by atoms with Crippen molar-refractivity contribution in [2.24, 2.45) is 5.92 Å². The van der Waals surface area contributed by atoms with Crippen molar-refractivity contribution in [2.75, 3.05) is 19.8 Å². The number of nitrogens with one attached hydrogen (secondary N) is 1. The minimum Gasteiger partial charge on any atom is -0.490 e. The van der Waals surface area contributed by atoms with E-state index in [1.165, 1.54) is 6.08 Å². The van der Waals surface area contributed by atoms with Crippen LogP contribution in [-0.4, -0.2) is 19.8 Å². The van der Waals surface area contributed by atoms with Gasteiger partial charge in [-0.2, -0.15) is 0 Å². The normalized spacial score (nSPS) is 11.0. The quantitative estimate of drug-likeness (QED) is 0.294. The Labute approximate surface area is 174 Å². The predicted molar refractivity (Wildman–Crippen MR) is 110 cm³/mol. The zero-order valence-corrected chi connectivity index (χ0v) is 17.8. The first kappa shape index (κ1) is 23.3. The predicted octanol–water partition coefficient (Wildman–Crippen LogP) is 6.54. The van der Waals surface area contributed by atoms with Gasteiger partial charge in [-0.3, -0.25) is 10.3 Å². The van der Waals surface area contributed by atoms with Gasteiger partial charge in [0.05, 0.1) is 23.3 Å². The lowest BCUT2D eigenvalue weighted by Crippen LogP contribution is -2.11. The molecule has 0 aliphatic rings. The van der Waals surface area contributed by atoms with Crippen molar-refractivity contribution in [3.05, 3.63) is 45.0 Å². The molecule has 0 heterocycles. The molecule has 0 saturated carbocycles. The molecule has 1 N–H and O–H groups in total. The third-order valence-electron chi connectivity index (χ3n) is 2.91. The Hall–Kier alpha value is -0.780. The third-order valence-corrected chi connectivity index (χ3v) is 3.78. The van der Waals surface area contributed by atoms with E-state index in [9.17, 15) is 0 Å². The highest BCUT2D eigenvalue weighted by Gasteiger charge is 2.10. The lowest BCUT2D eigenvalue weighted by Gasteiger charge is -2.12. The summed E-state index contributed by atoms with van der Waals surface area (Å²) in [5, 5.41) is 0.764. The van der Waals surface area contributed by atoms with E-state index < -0.39 is 0 Å². The molecule has 0 aliphatic heterocycles. The topological polar surface area (TPSA) is 39.7 Å². The number of hydroxylamine groups is 1. The number of ether oxygens (including phenoxy) is 2. The summed E-state index contributed by atoms with van der Waals surface area (Å²) in [4.78, 5) is 5.22. The number of unbranched alkanes of at least 4 members (excludes halogenated alkanes) is 1. The SMILES string of the molecule is CC(C)CONC=CCCCOc1c(Cl)cc(OCC=C(Cl)Cl)cc1Cl. The van der Waals surface area contributed by atoms with Crippen molar-refractivity contribution in [2.45, 2.75) is 26.7 Å². The van der Waals surface area contributed by atoms with Gasteiger partial charge in [0.1, 0.15) is 16.8 Å². The fourth-order valence-electron chi connectivity index (χ4n) is 1.73. The molecule has 0 radical (unpaired) electrons. The minimum atomic E-state index is 0.137. The molecule has 0 aliphatic carbocycles. The van der Waals surface area contributed by atoms with E-state index in [-0.39, 0.29) is 11.1 Å². The van der Waals surface area contributed by atoms with E-state index in [0.29, 0.717) is 40.7 Å². The highest BCUT2D eigenvalue weighted by molar-refractivity contribution is 6.55. The van der Waals surface area contributed by atoms with Crippen molar-refractivity contribution < 1.29 is 14.3 Å². The number of rotatable bonds is 12. The summed E-state index contributed by atoms with van der Waals surface area (Å²) < 4.78 is 11.2. The Morgan fingerprint density at radius 3 is 2.46 bits per heavy atom. The molecule has 0 amide bonds. The number of hydrogen-bond donors (Lipinski definition) is 1. The van der Waals surface area contributed by atoms with Gasteiger partial charge in [0.25, 0.3) is 0 Å². The van der Waals surface area contributed by atoms with Gasteiger partial charge in [-0.25, -0.2) is 0 Å². The standard InChI is InChI=1S/C18H23Cl4NO3/c1-13(2)12-26-23-7-4-3-5-8-25-18-15(19)10-14(11-16(18)20)24-9-6-17(21)22/h4,6-7,10-11,13,23H,3,5,8-9,12H2,1-2H3. The van der Waals surface area contributed by atoms with Crippen molar-refractivity contribution in [3.8, 4) is 11.5 Å². The van der Waals surface area contributed by atoms with Crippen LogP contribution in [0.3, 0.4) is 0 Å². The van der Waals surface area contributed by atoms with Gasteiger partial charge >= 0.3 is 0 Å². The fourth-order valence-corrected chi connectivity index (χ4v) is 2.43. The molecule has 0 bridgehead atoms. The second-order valence-corrected chi connectivity index (χ2v) is 7.56. The summed E-state index contributed by atoms with van der Waals surface area (Å²) in [7, 11) is 0. The second kappa shape index (κ2) is 13.4. The number of allylic oxidation sites excluding steroid dienone is 1.